The van der Waals surface area contributed by atoms with E-state index in [2.05, 4.69) is 15.3 Å². The summed E-state index contributed by atoms with van der Waals surface area (Å²) in [5.41, 5.74) is 0.412. The highest BCUT2D eigenvalue weighted by Crippen LogP contribution is 2.33. The van der Waals surface area contributed by atoms with E-state index >= 15 is 0 Å². The van der Waals surface area contributed by atoms with Gasteiger partial charge in [-0.25, -0.2) is 9.37 Å². The molecular formula is C16H17FN4O3S. The third kappa shape index (κ3) is 3.83. The van der Waals surface area contributed by atoms with Crippen molar-refractivity contribution in [3.05, 3.63) is 47.2 Å². The average Bonchev–Trinajstić information content (AvgIpc) is 3.02. The predicted molar refractivity (Wildman–Crippen MR) is 90.8 cm³/mol. The molecule has 1 aromatic carbocycles. The second kappa shape index (κ2) is 7.24. The third-order valence-electron chi connectivity index (χ3n) is 3.87. The molecule has 0 unspecified atom stereocenters. The van der Waals surface area contributed by atoms with Crippen LogP contribution in [0.1, 0.15) is 27.9 Å². The maximum absolute atomic E-state index is 12.9. The Balaban J connectivity index is 1.79. The van der Waals surface area contributed by atoms with Gasteiger partial charge in [-0.2, -0.15) is 4.98 Å². The maximum atomic E-state index is 12.9. The number of benzene rings is 1. The number of aromatic hydroxyl groups is 2. The second-order valence-corrected chi connectivity index (χ2v) is 6.68. The Morgan fingerprint density at radius 2 is 2.08 bits per heavy atom. The fraction of sp³-hybridized carbons (Fsp3) is 0.312. The van der Waals surface area contributed by atoms with Gasteiger partial charge in [-0.05, 0) is 24.7 Å². The van der Waals surface area contributed by atoms with Gasteiger partial charge in [0.15, 0.2) is 11.5 Å². The summed E-state index contributed by atoms with van der Waals surface area (Å²) >= 11 is 1.69. The number of nitrogens with one attached hydrogen (secondary N) is 1. The monoisotopic (exact) mass is 364 g/mol. The molecule has 0 spiro atoms. The zero-order valence-electron chi connectivity index (χ0n) is 13.4. The maximum Gasteiger partial charge on any atom is 0.274 e. The lowest BCUT2D eigenvalue weighted by atomic mass is 10.2. The zero-order valence-corrected chi connectivity index (χ0v) is 14.3. The van der Waals surface area contributed by atoms with Crippen LogP contribution in [-0.2, 0) is 6.54 Å². The molecule has 1 saturated heterocycles. The number of hydrogen-bond donors (Lipinski definition) is 3. The number of rotatable bonds is 4. The number of amides is 1. The van der Waals surface area contributed by atoms with E-state index in [1.165, 1.54) is 12.1 Å². The highest BCUT2D eigenvalue weighted by molar-refractivity contribution is 7.99. The molecule has 9 heteroatoms. The lowest BCUT2D eigenvalue weighted by molar-refractivity contribution is 0.0940. The van der Waals surface area contributed by atoms with Gasteiger partial charge in [0, 0.05) is 18.2 Å². The first kappa shape index (κ1) is 17.4. The number of thioether (sulfide) groups is 1. The van der Waals surface area contributed by atoms with Crippen LogP contribution < -0.4 is 5.32 Å². The van der Waals surface area contributed by atoms with Crippen molar-refractivity contribution < 1.29 is 19.4 Å². The number of hydrogen-bond acceptors (Lipinski definition) is 7. The molecule has 2 aromatic rings. The molecular weight excluding hydrogens is 347 g/mol. The van der Waals surface area contributed by atoms with Gasteiger partial charge in [0.2, 0.25) is 5.75 Å². The summed E-state index contributed by atoms with van der Waals surface area (Å²) in [6.07, 6.45) is 0. The highest BCUT2D eigenvalue weighted by atomic mass is 32.2. The van der Waals surface area contributed by atoms with E-state index in [4.69, 9.17) is 0 Å². The Labute approximate surface area is 147 Å². The Hall–Kier alpha value is -2.39. The molecule has 0 bridgehead atoms. The van der Waals surface area contributed by atoms with E-state index in [1.54, 1.807) is 23.9 Å². The minimum Gasteiger partial charge on any atom is -0.501 e. The topological polar surface area (TPSA) is 98.6 Å². The fourth-order valence-corrected chi connectivity index (χ4v) is 3.63. The van der Waals surface area contributed by atoms with Crippen molar-refractivity contribution in [2.45, 2.75) is 12.6 Å². The summed E-state index contributed by atoms with van der Waals surface area (Å²) in [7, 11) is 1.90. The number of aromatic nitrogens is 2. The third-order valence-corrected chi connectivity index (χ3v) is 5.01. The van der Waals surface area contributed by atoms with Crippen molar-refractivity contribution >= 4 is 17.7 Å². The van der Waals surface area contributed by atoms with Crippen LogP contribution in [0, 0.1) is 5.82 Å². The molecule has 1 atom stereocenters. The van der Waals surface area contributed by atoms with Crippen LogP contribution in [0.15, 0.2) is 24.3 Å². The average molecular weight is 364 g/mol. The van der Waals surface area contributed by atoms with Crippen molar-refractivity contribution in [2.75, 3.05) is 18.7 Å². The second-order valence-electron chi connectivity index (χ2n) is 5.68. The summed E-state index contributed by atoms with van der Waals surface area (Å²) in [5, 5.41) is 22.4. The molecule has 1 fully saturated rings. The minimum absolute atomic E-state index is 0.137. The van der Waals surface area contributed by atoms with Gasteiger partial charge in [0.1, 0.15) is 5.82 Å². The molecule has 3 rings (SSSR count). The van der Waals surface area contributed by atoms with Crippen molar-refractivity contribution in [1.29, 1.82) is 0 Å². The van der Waals surface area contributed by atoms with Crippen LogP contribution in [0.3, 0.4) is 0 Å². The number of halogens is 1. The van der Waals surface area contributed by atoms with Crippen LogP contribution in [0.5, 0.6) is 11.6 Å². The Kier molecular flexibility index (Phi) is 5.05. The van der Waals surface area contributed by atoms with Gasteiger partial charge in [-0.3, -0.25) is 9.69 Å². The largest absolute Gasteiger partial charge is 0.501 e. The molecule has 0 radical (unpaired) electrons. The first-order valence-electron chi connectivity index (χ1n) is 7.56. The molecule has 132 valence electrons. The molecule has 1 aliphatic rings. The summed E-state index contributed by atoms with van der Waals surface area (Å²) in [6.45, 7) is 0.137. The lowest BCUT2D eigenvalue weighted by Crippen LogP contribution is -2.26. The smallest absolute Gasteiger partial charge is 0.274 e. The fourth-order valence-electron chi connectivity index (χ4n) is 2.43. The van der Waals surface area contributed by atoms with Gasteiger partial charge in [-0.1, -0.05) is 12.1 Å². The van der Waals surface area contributed by atoms with E-state index in [0.29, 0.717) is 5.56 Å². The van der Waals surface area contributed by atoms with E-state index in [0.717, 1.165) is 11.6 Å². The van der Waals surface area contributed by atoms with E-state index in [9.17, 15) is 19.4 Å². The number of carbonyl (C=O) groups excluding carboxylic acids is 1. The van der Waals surface area contributed by atoms with Crippen LogP contribution in [0.2, 0.25) is 0 Å². The van der Waals surface area contributed by atoms with E-state index in [-0.39, 0.29) is 29.9 Å². The van der Waals surface area contributed by atoms with Gasteiger partial charge >= 0.3 is 0 Å². The highest BCUT2D eigenvalue weighted by Gasteiger charge is 2.29. The molecule has 2 heterocycles. The van der Waals surface area contributed by atoms with E-state index in [1.807, 2.05) is 11.9 Å². The quantitative estimate of drug-likeness (QED) is 0.758. The van der Waals surface area contributed by atoms with Crippen LogP contribution in [0.25, 0.3) is 0 Å². The van der Waals surface area contributed by atoms with Crippen molar-refractivity contribution in [2.24, 2.45) is 0 Å². The van der Waals surface area contributed by atoms with Crippen molar-refractivity contribution in [3.8, 4) is 11.6 Å². The Bertz CT molecular complexity index is 788. The summed E-state index contributed by atoms with van der Waals surface area (Å²) in [4.78, 5) is 22.4. The normalized spacial score (nSPS) is 17.6. The summed E-state index contributed by atoms with van der Waals surface area (Å²) < 4.78 is 12.9. The zero-order chi connectivity index (χ0) is 18.0. The van der Waals surface area contributed by atoms with Gasteiger partial charge in [0.25, 0.3) is 11.8 Å². The molecule has 7 nitrogen and oxygen atoms in total. The molecule has 1 aromatic heterocycles. The molecule has 0 aliphatic carbocycles. The molecule has 3 N–H and O–H groups in total. The van der Waals surface area contributed by atoms with Crippen molar-refractivity contribution in [3.63, 3.8) is 0 Å². The summed E-state index contributed by atoms with van der Waals surface area (Å²) in [5.74, 6) is -0.476. The SMILES string of the molecule is CN1CSC[C@H]1c1nc(O)c(O)c(C(=O)NCc2ccc(F)cc2)n1. The molecule has 1 amide bonds. The van der Waals surface area contributed by atoms with E-state index < -0.39 is 17.5 Å². The standard InChI is InChI=1S/C16H17FN4O3S/c1-21-8-25-7-11(21)14-19-12(13(22)16(24)20-14)15(23)18-6-9-2-4-10(17)5-3-9/h2-5,11,22H,6-8H2,1H3,(H,18,23)(H,19,20,24)/t11-/m0/s1. The number of carbonyl (C=O) groups is 1. The van der Waals surface area contributed by atoms with Gasteiger partial charge in [-0.15, -0.1) is 11.8 Å². The lowest BCUT2D eigenvalue weighted by Gasteiger charge is -2.18. The van der Waals surface area contributed by atoms with Crippen molar-refractivity contribution in [1.82, 2.24) is 20.2 Å². The molecule has 25 heavy (non-hydrogen) atoms. The van der Waals surface area contributed by atoms with Gasteiger partial charge < -0.3 is 15.5 Å². The first-order chi connectivity index (χ1) is 12.0. The van der Waals surface area contributed by atoms with Gasteiger partial charge in [0.05, 0.1) is 6.04 Å². The molecule has 1 aliphatic heterocycles. The molecule has 0 saturated carbocycles. The Morgan fingerprint density at radius 1 is 1.36 bits per heavy atom. The summed E-state index contributed by atoms with van der Waals surface area (Å²) in [6, 6.07) is 5.54. The number of nitrogens with zero attached hydrogens (tertiary/aromatic N) is 3. The van der Waals surface area contributed by atoms with Crippen LogP contribution in [0.4, 0.5) is 4.39 Å². The Morgan fingerprint density at radius 3 is 2.72 bits per heavy atom. The van der Waals surface area contributed by atoms with Crippen LogP contribution >= 0.6 is 11.8 Å². The van der Waals surface area contributed by atoms with Crippen LogP contribution in [-0.4, -0.2) is 49.7 Å². The predicted octanol–water partition coefficient (Wildman–Crippen LogP) is 1.63. The first-order valence-corrected chi connectivity index (χ1v) is 8.71. The minimum atomic E-state index is -0.659.